The minimum Gasteiger partial charge on any atom is -0.480 e. The maximum absolute atomic E-state index is 13.4. The van der Waals surface area contributed by atoms with Gasteiger partial charge in [0.15, 0.2) is 0 Å². The zero-order valence-corrected chi connectivity index (χ0v) is 21.9. The van der Waals surface area contributed by atoms with Crippen LogP contribution in [0.5, 0.6) is 0 Å². The Kier molecular flexibility index (Phi) is 7.88. The SMILES string of the molecule is N#Cc1ccc(CNC(=O)c2cccc3cc(N(CC(=O)O)S(=O)(=O)c4cc(Cl)cc(Cl)c4)ccc23)cc1. The summed E-state index contributed by atoms with van der Waals surface area (Å²) < 4.78 is 27.6. The van der Waals surface area contributed by atoms with Crippen molar-refractivity contribution in [1.82, 2.24) is 5.32 Å². The van der Waals surface area contributed by atoms with E-state index in [0.29, 0.717) is 21.9 Å². The Bertz CT molecular complexity index is 1680. The molecule has 0 saturated carbocycles. The lowest BCUT2D eigenvalue weighted by Gasteiger charge is -2.23. The summed E-state index contributed by atoms with van der Waals surface area (Å²) in [4.78, 5) is 24.3. The number of aliphatic carboxylic acids is 1. The van der Waals surface area contributed by atoms with E-state index in [1.807, 2.05) is 6.07 Å². The number of carbonyl (C=O) groups is 2. The van der Waals surface area contributed by atoms with Crippen LogP contribution in [0.1, 0.15) is 21.5 Å². The van der Waals surface area contributed by atoms with E-state index in [4.69, 9.17) is 28.5 Å². The molecule has 0 heterocycles. The van der Waals surface area contributed by atoms with Crippen LogP contribution in [0.4, 0.5) is 5.69 Å². The van der Waals surface area contributed by atoms with E-state index in [-0.39, 0.29) is 33.1 Å². The average Bonchev–Trinajstić information content (AvgIpc) is 2.89. The summed E-state index contributed by atoms with van der Waals surface area (Å²) in [6.45, 7) is -0.603. The van der Waals surface area contributed by atoms with Crippen LogP contribution in [0, 0.1) is 11.3 Å². The highest BCUT2D eigenvalue weighted by atomic mass is 35.5. The molecule has 1 amide bonds. The zero-order valence-electron chi connectivity index (χ0n) is 19.6. The van der Waals surface area contributed by atoms with Gasteiger partial charge in [0.05, 0.1) is 22.2 Å². The molecule has 192 valence electrons. The first-order chi connectivity index (χ1) is 18.1. The van der Waals surface area contributed by atoms with Crippen molar-refractivity contribution in [2.24, 2.45) is 0 Å². The monoisotopic (exact) mass is 567 g/mol. The number of rotatable bonds is 8. The number of carboxylic acid groups (broad SMARTS) is 1. The van der Waals surface area contributed by atoms with Crippen molar-refractivity contribution >= 4 is 61.6 Å². The number of nitrogens with one attached hydrogen (secondary N) is 1. The van der Waals surface area contributed by atoms with Gasteiger partial charge in [-0.2, -0.15) is 5.26 Å². The molecule has 0 aliphatic rings. The number of carbonyl (C=O) groups excluding carboxylic acids is 1. The number of amides is 1. The maximum Gasteiger partial charge on any atom is 0.324 e. The number of carboxylic acids is 1. The van der Waals surface area contributed by atoms with E-state index in [2.05, 4.69) is 5.32 Å². The molecule has 4 aromatic rings. The molecule has 0 spiro atoms. The molecule has 0 bridgehead atoms. The standard InChI is InChI=1S/C27H19Cl2N3O5S/c28-20-11-21(29)13-23(12-20)38(36,37)32(16-26(33)34)22-8-9-24-19(10-22)2-1-3-25(24)27(35)31-15-18-6-4-17(14-30)5-7-18/h1-13H,15-16H2,(H,31,35)(H,33,34). The average molecular weight is 568 g/mol. The quantitative estimate of drug-likeness (QED) is 0.300. The van der Waals surface area contributed by atoms with E-state index in [1.54, 1.807) is 48.5 Å². The second-order valence-electron chi connectivity index (χ2n) is 8.21. The van der Waals surface area contributed by atoms with Crippen molar-refractivity contribution in [2.45, 2.75) is 11.4 Å². The summed E-state index contributed by atoms with van der Waals surface area (Å²) in [7, 11) is -4.35. The van der Waals surface area contributed by atoms with E-state index < -0.39 is 22.5 Å². The zero-order chi connectivity index (χ0) is 27.4. The van der Waals surface area contributed by atoms with Crippen molar-refractivity contribution < 1.29 is 23.1 Å². The highest BCUT2D eigenvalue weighted by molar-refractivity contribution is 7.92. The first-order valence-corrected chi connectivity index (χ1v) is 13.3. The Hall–Kier alpha value is -4.10. The third-order valence-corrected chi connectivity index (χ3v) is 7.82. The van der Waals surface area contributed by atoms with E-state index in [1.165, 1.54) is 30.3 Å². The molecule has 8 nitrogen and oxygen atoms in total. The molecule has 0 aromatic heterocycles. The molecule has 0 atom stereocenters. The van der Waals surface area contributed by atoms with E-state index >= 15 is 0 Å². The number of sulfonamides is 1. The lowest BCUT2D eigenvalue weighted by Crippen LogP contribution is -2.35. The first kappa shape index (κ1) is 26.9. The molecule has 4 rings (SSSR count). The Morgan fingerprint density at radius 1 is 0.947 bits per heavy atom. The number of nitrogens with zero attached hydrogens (tertiary/aromatic N) is 2. The number of benzene rings is 4. The maximum atomic E-state index is 13.4. The molecule has 11 heteroatoms. The molecule has 2 N–H and O–H groups in total. The minimum absolute atomic E-state index is 0.0847. The van der Waals surface area contributed by atoms with Gasteiger partial charge < -0.3 is 10.4 Å². The van der Waals surface area contributed by atoms with Gasteiger partial charge in [0.1, 0.15) is 6.54 Å². The Morgan fingerprint density at radius 2 is 1.63 bits per heavy atom. The third-order valence-electron chi connectivity index (χ3n) is 5.64. The topological polar surface area (TPSA) is 128 Å². The fourth-order valence-electron chi connectivity index (χ4n) is 3.84. The largest absolute Gasteiger partial charge is 0.480 e. The van der Waals surface area contributed by atoms with Crippen molar-refractivity contribution in [3.05, 3.63) is 106 Å². The summed E-state index contributed by atoms with van der Waals surface area (Å²) in [6, 6.07) is 22.1. The van der Waals surface area contributed by atoms with Crippen molar-refractivity contribution in [3.63, 3.8) is 0 Å². The lowest BCUT2D eigenvalue weighted by molar-refractivity contribution is -0.135. The van der Waals surface area contributed by atoms with Crippen LogP contribution >= 0.6 is 23.2 Å². The van der Waals surface area contributed by atoms with Crippen molar-refractivity contribution in [2.75, 3.05) is 10.8 Å². The smallest absolute Gasteiger partial charge is 0.324 e. The molecule has 0 saturated heterocycles. The number of fused-ring (bicyclic) bond motifs is 1. The van der Waals surface area contributed by atoms with Gasteiger partial charge in [0.25, 0.3) is 15.9 Å². The number of anilines is 1. The first-order valence-electron chi connectivity index (χ1n) is 11.1. The second kappa shape index (κ2) is 11.1. The molecular weight excluding hydrogens is 549 g/mol. The van der Waals surface area contributed by atoms with Gasteiger partial charge in [-0.15, -0.1) is 0 Å². The molecule has 0 unspecified atom stereocenters. The minimum atomic E-state index is -4.35. The van der Waals surface area contributed by atoms with Gasteiger partial charge >= 0.3 is 5.97 Å². The highest BCUT2D eigenvalue weighted by Gasteiger charge is 2.28. The molecular formula is C27H19Cl2N3O5S. The van der Waals surface area contributed by atoms with E-state index in [0.717, 1.165) is 9.87 Å². The van der Waals surface area contributed by atoms with Gasteiger partial charge in [0, 0.05) is 22.2 Å². The van der Waals surface area contributed by atoms with Crippen LogP contribution in [0.15, 0.2) is 83.8 Å². The normalized spacial score (nSPS) is 11.1. The van der Waals surface area contributed by atoms with Crippen LogP contribution in [-0.2, 0) is 21.4 Å². The molecule has 0 aliphatic carbocycles. The fourth-order valence-corrected chi connectivity index (χ4v) is 5.97. The van der Waals surface area contributed by atoms with Gasteiger partial charge in [-0.3, -0.25) is 13.9 Å². The molecule has 0 fully saturated rings. The summed E-state index contributed by atoms with van der Waals surface area (Å²) in [5.41, 5.74) is 1.78. The lowest BCUT2D eigenvalue weighted by atomic mass is 10.0. The van der Waals surface area contributed by atoms with Crippen LogP contribution in [0.2, 0.25) is 10.0 Å². The summed E-state index contributed by atoms with van der Waals surface area (Å²) in [5, 5.41) is 22.5. The number of hydrogen-bond acceptors (Lipinski definition) is 5. The molecule has 0 aliphatic heterocycles. The number of nitriles is 1. The van der Waals surface area contributed by atoms with Crippen LogP contribution in [0.3, 0.4) is 0 Å². The molecule has 38 heavy (non-hydrogen) atoms. The van der Waals surface area contributed by atoms with Crippen LogP contribution in [-0.4, -0.2) is 31.9 Å². The van der Waals surface area contributed by atoms with Crippen molar-refractivity contribution in [1.29, 1.82) is 5.26 Å². The van der Waals surface area contributed by atoms with Gasteiger partial charge in [-0.25, -0.2) is 8.42 Å². The molecule has 4 aromatic carbocycles. The summed E-state index contributed by atoms with van der Waals surface area (Å²) >= 11 is 12.0. The highest BCUT2D eigenvalue weighted by Crippen LogP contribution is 2.31. The molecule has 0 radical (unpaired) electrons. The van der Waals surface area contributed by atoms with Gasteiger partial charge in [-0.05, 0) is 64.9 Å². The third kappa shape index (κ3) is 5.89. The van der Waals surface area contributed by atoms with Gasteiger partial charge in [0.2, 0.25) is 0 Å². The Labute approximate surface area is 228 Å². The van der Waals surface area contributed by atoms with Gasteiger partial charge in [-0.1, -0.05) is 53.5 Å². The second-order valence-corrected chi connectivity index (χ2v) is 10.9. The van der Waals surface area contributed by atoms with Crippen LogP contribution < -0.4 is 9.62 Å². The predicted octanol–water partition coefficient (Wildman–Crippen LogP) is 5.23. The Balaban J connectivity index is 1.67. The fraction of sp³-hybridized carbons (Fsp3) is 0.0741. The Morgan fingerprint density at radius 3 is 2.26 bits per heavy atom. The predicted molar refractivity (Wildman–Crippen MR) is 145 cm³/mol. The number of halogens is 2. The van der Waals surface area contributed by atoms with Crippen LogP contribution in [0.25, 0.3) is 10.8 Å². The van der Waals surface area contributed by atoms with Crippen molar-refractivity contribution in [3.8, 4) is 6.07 Å². The number of hydrogen-bond donors (Lipinski definition) is 2. The summed E-state index contributed by atoms with van der Waals surface area (Å²) in [6.07, 6.45) is 0. The van der Waals surface area contributed by atoms with E-state index in [9.17, 15) is 23.1 Å². The summed E-state index contributed by atoms with van der Waals surface area (Å²) in [5.74, 6) is -1.71.